The molecule has 0 spiro atoms. The van der Waals surface area contributed by atoms with Gasteiger partial charge in [-0.2, -0.15) is 0 Å². The van der Waals surface area contributed by atoms with Crippen LogP contribution in [0.3, 0.4) is 0 Å². The Hall–Kier alpha value is -1.39. The van der Waals surface area contributed by atoms with E-state index >= 15 is 0 Å². The average molecular weight is 274 g/mol. The number of likely N-dealkylation sites (N-methyl/N-ethyl adjacent to an activating group) is 1. The van der Waals surface area contributed by atoms with E-state index in [2.05, 4.69) is 24.1 Å². The van der Waals surface area contributed by atoms with Crippen molar-refractivity contribution >= 4 is 5.91 Å². The van der Waals surface area contributed by atoms with Gasteiger partial charge in [0.15, 0.2) is 0 Å². The molecule has 4 nitrogen and oxygen atoms in total. The molecule has 2 fully saturated rings. The minimum absolute atomic E-state index is 0.145. The quantitative estimate of drug-likeness (QED) is 0.822. The van der Waals surface area contributed by atoms with Crippen LogP contribution in [0, 0.1) is 0 Å². The Bertz CT molecular complexity index is 457. The van der Waals surface area contributed by atoms with Crippen LogP contribution in [0.1, 0.15) is 24.4 Å². The molecule has 1 aromatic carbocycles. The first kappa shape index (κ1) is 13.6. The van der Waals surface area contributed by atoms with E-state index in [1.165, 1.54) is 5.56 Å². The first-order valence-corrected chi connectivity index (χ1v) is 7.41. The van der Waals surface area contributed by atoms with Crippen molar-refractivity contribution in [2.24, 2.45) is 0 Å². The van der Waals surface area contributed by atoms with Gasteiger partial charge in [0.25, 0.3) is 5.91 Å². The monoisotopic (exact) mass is 274 g/mol. The molecule has 2 atom stereocenters. The number of rotatable bonds is 2. The predicted molar refractivity (Wildman–Crippen MR) is 77.4 cm³/mol. The number of carbonyl (C=O) groups is 1. The molecule has 1 amide bonds. The molecule has 0 aliphatic carbocycles. The number of amides is 1. The summed E-state index contributed by atoms with van der Waals surface area (Å²) >= 11 is 0. The van der Waals surface area contributed by atoms with E-state index in [1.54, 1.807) is 0 Å². The molecule has 1 aromatic rings. The van der Waals surface area contributed by atoms with Crippen molar-refractivity contribution < 1.29 is 9.53 Å². The molecule has 0 bridgehead atoms. The van der Waals surface area contributed by atoms with Crippen LogP contribution in [0.25, 0.3) is 0 Å². The van der Waals surface area contributed by atoms with Crippen LogP contribution in [-0.4, -0.2) is 55.1 Å². The van der Waals surface area contributed by atoms with Gasteiger partial charge < -0.3 is 14.5 Å². The van der Waals surface area contributed by atoms with E-state index < -0.39 is 0 Å². The van der Waals surface area contributed by atoms with E-state index in [0.29, 0.717) is 0 Å². The Morgan fingerprint density at radius 2 is 2.05 bits per heavy atom. The number of ether oxygens (including phenoxy) is 1. The van der Waals surface area contributed by atoms with Gasteiger partial charge in [0.2, 0.25) is 0 Å². The summed E-state index contributed by atoms with van der Waals surface area (Å²) in [6.45, 7) is 3.33. The third kappa shape index (κ3) is 2.72. The van der Waals surface area contributed by atoms with Crippen LogP contribution in [-0.2, 0) is 9.53 Å². The number of hydrogen-bond donors (Lipinski definition) is 0. The van der Waals surface area contributed by atoms with Gasteiger partial charge in [-0.05, 0) is 25.5 Å². The zero-order valence-corrected chi connectivity index (χ0v) is 12.0. The fourth-order valence-corrected chi connectivity index (χ4v) is 3.10. The van der Waals surface area contributed by atoms with Crippen molar-refractivity contribution in [1.29, 1.82) is 0 Å². The van der Waals surface area contributed by atoms with Crippen LogP contribution < -0.4 is 0 Å². The Morgan fingerprint density at radius 1 is 1.25 bits per heavy atom. The summed E-state index contributed by atoms with van der Waals surface area (Å²) in [6, 6.07) is 10.5. The van der Waals surface area contributed by atoms with E-state index in [9.17, 15) is 4.79 Å². The molecule has 0 saturated carbocycles. The summed E-state index contributed by atoms with van der Waals surface area (Å²) in [5.74, 6) is 0.171. The number of nitrogens with zero attached hydrogens (tertiary/aromatic N) is 2. The summed E-state index contributed by atoms with van der Waals surface area (Å²) in [6.07, 6.45) is 1.65. The molecule has 2 aliphatic rings. The second-order valence-electron chi connectivity index (χ2n) is 5.72. The normalized spacial score (nSPS) is 27.8. The van der Waals surface area contributed by atoms with Crippen LogP contribution in [0.2, 0.25) is 0 Å². The molecule has 0 N–H and O–H groups in total. The van der Waals surface area contributed by atoms with Gasteiger partial charge in [-0.25, -0.2) is 0 Å². The summed E-state index contributed by atoms with van der Waals surface area (Å²) in [7, 11) is 2.11. The van der Waals surface area contributed by atoms with Gasteiger partial charge in [0.1, 0.15) is 6.10 Å². The standard InChI is InChI=1S/C16H22N2O2/c1-17-9-10-18(16(19)15-8-5-11-20-15)14(12-17)13-6-3-2-4-7-13/h2-4,6-7,14-15H,5,8-12H2,1H3/t14-,15-/m0/s1. The predicted octanol–water partition coefficient (Wildman–Crippen LogP) is 1.68. The first-order chi connectivity index (χ1) is 9.75. The van der Waals surface area contributed by atoms with Crippen molar-refractivity contribution in [2.75, 3.05) is 33.3 Å². The van der Waals surface area contributed by atoms with Crippen LogP contribution in [0.15, 0.2) is 30.3 Å². The largest absolute Gasteiger partial charge is 0.368 e. The lowest BCUT2D eigenvalue weighted by Gasteiger charge is -2.41. The summed E-state index contributed by atoms with van der Waals surface area (Å²) < 4.78 is 5.57. The lowest BCUT2D eigenvalue weighted by Crippen LogP contribution is -2.52. The molecule has 2 heterocycles. The zero-order chi connectivity index (χ0) is 13.9. The molecule has 0 unspecified atom stereocenters. The van der Waals surface area contributed by atoms with Crippen molar-refractivity contribution in [3.05, 3.63) is 35.9 Å². The minimum atomic E-state index is -0.218. The molecule has 2 aliphatic heterocycles. The number of benzene rings is 1. The van der Waals surface area contributed by atoms with Gasteiger partial charge in [-0.15, -0.1) is 0 Å². The van der Waals surface area contributed by atoms with Crippen molar-refractivity contribution in [3.8, 4) is 0 Å². The Labute approximate surface area is 120 Å². The molecule has 0 radical (unpaired) electrons. The molecular weight excluding hydrogens is 252 g/mol. The fourth-order valence-electron chi connectivity index (χ4n) is 3.10. The highest BCUT2D eigenvalue weighted by molar-refractivity contribution is 5.81. The average Bonchev–Trinajstić information content (AvgIpc) is 3.02. The summed E-state index contributed by atoms with van der Waals surface area (Å²) in [5.41, 5.74) is 1.21. The first-order valence-electron chi connectivity index (χ1n) is 7.41. The van der Waals surface area contributed by atoms with Crippen molar-refractivity contribution in [1.82, 2.24) is 9.80 Å². The van der Waals surface area contributed by atoms with Crippen molar-refractivity contribution in [2.45, 2.75) is 25.0 Å². The highest BCUT2D eigenvalue weighted by Gasteiger charge is 2.35. The fraction of sp³-hybridized carbons (Fsp3) is 0.562. The zero-order valence-electron chi connectivity index (χ0n) is 12.0. The molecule has 20 heavy (non-hydrogen) atoms. The number of piperazine rings is 1. The van der Waals surface area contributed by atoms with E-state index in [1.807, 2.05) is 23.1 Å². The third-order valence-corrected chi connectivity index (χ3v) is 4.26. The maximum Gasteiger partial charge on any atom is 0.252 e. The van der Waals surface area contributed by atoms with E-state index in [4.69, 9.17) is 4.74 Å². The maximum absolute atomic E-state index is 12.7. The SMILES string of the molecule is CN1CCN(C(=O)[C@@H]2CCCO2)[C@H](c2ccccc2)C1. The summed E-state index contributed by atoms with van der Waals surface area (Å²) in [5, 5.41) is 0. The third-order valence-electron chi connectivity index (χ3n) is 4.26. The second-order valence-corrected chi connectivity index (χ2v) is 5.72. The smallest absolute Gasteiger partial charge is 0.252 e. The van der Waals surface area contributed by atoms with Gasteiger partial charge in [0, 0.05) is 26.2 Å². The number of hydrogen-bond acceptors (Lipinski definition) is 3. The van der Waals surface area contributed by atoms with Gasteiger partial charge >= 0.3 is 0 Å². The Morgan fingerprint density at radius 3 is 2.75 bits per heavy atom. The van der Waals surface area contributed by atoms with Crippen LogP contribution in [0.5, 0.6) is 0 Å². The Kier molecular flexibility index (Phi) is 4.03. The lowest BCUT2D eigenvalue weighted by atomic mass is 10.0. The molecule has 2 saturated heterocycles. The van der Waals surface area contributed by atoms with Gasteiger partial charge in [-0.3, -0.25) is 4.79 Å². The lowest BCUT2D eigenvalue weighted by molar-refractivity contribution is -0.146. The molecule has 0 aromatic heterocycles. The highest BCUT2D eigenvalue weighted by Crippen LogP contribution is 2.27. The highest BCUT2D eigenvalue weighted by atomic mass is 16.5. The molecule has 3 rings (SSSR count). The molecule has 4 heteroatoms. The summed E-state index contributed by atoms with van der Waals surface area (Å²) in [4.78, 5) is 17.0. The molecule has 108 valence electrons. The van der Waals surface area contributed by atoms with Crippen LogP contribution in [0.4, 0.5) is 0 Å². The maximum atomic E-state index is 12.7. The van der Waals surface area contributed by atoms with E-state index in [-0.39, 0.29) is 18.1 Å². The van der Waals surface area contributed by atoms with Gasteiger partial charge in [-0.1, -0.05) is 30.3 Å². The topological polar surface area (TPSA) is 32.8 Å². The number of carbonyl (C=O) groups excluding carboxylic acids is 1. The Balaban J connectivity index is 1.81. The van der Waals surface area contributed by atoms with Gasteiger partial charge in [0.05, 0.1) is 6.04 Å². The molecular formula is C16H22N2O2. The van der Waals surface area contributed by atoms with Crippen molar-refractivity contribution in [3.63, 3.8) is 0 Å². The second kappa shape index (κ2) is 5.94. The van der Waals surface area contributed by atoms with Crippen LogP contribution >= 0.6 is 0 Å². The van der Waals surface area contributed by atoms with E-state index in [0.717, 1.165) is 39.1 Å². The minimum Gasteiger partial charge on any atom is -0.368 e.